The normalized spacial score (nSPS) is 25.2. The smallest absolute Gasteiger partial charge is 0.239 e. The molecule has 0 aromatic heterocycles. The highest BCUT2D eigenvalue weighted by Gasteiger charge is 2.40. The van der Waals surface area contributed by atoms with Gasteiger partial charge in [-0.1, -0.05) is 19.3 Å². The molecule has 1 saturated heterocycles. The summed E-state index contributed by atoms with van der Waals surface area (Å²) in [6.45, 7) is 3.68. The van der Waals surface area contributed by atoms with Crippen LogP contribution in [0.3, 0.4) is 0 Å². The van der Waals surface area contributed by atoms with E-state index in [1.54, 1.807) is 6.92 Å². The summed E-state index contributed by atoms with van der Waals surface area (Å²) >= 11 is 0. The molecule has 0 aromatic rings. The van der Waals surface area contributed by atoms with Gasteiger partial charge < -0.3 is 10.6 Å². The van der Waals surface area contributed by atoms with E-state index in [9.17, 15) is 4.79 Å². The highest BCUT2D eigenvalue weighted by molar-refractivity contribution is 5.85. The molecule has 0 unspecified atom stereocenters. The van der Waals surface area contributed by atoms with E-state index in [2.05, 4.69) is 0 Å². The number of rotatable bonds is 1. The first kappa shape index (κ1) is 13.8. The molecule has 1 atom stereocenters. The standard InChI is InChI=1S/C12H22N2O.ClH/c1-10(13)11(15)14-8-7-12(9-14)5-3-2-4-6-12;/h10H,2-9,13H2,1H3;1H/t10-;/m1./s1. The molecule has 94 valence electrons. The predicted molar refractivity (Wildman–Crippen MR) is 67.6 cm³/mol. The number of carbonyl (C=O) groups excluding carboxylic acids is 1. The molecule has 2 rings (SSSR count). The summed E-state index contributed by atoms with van der Waals surface area (Å²) in [6, 6.07) is -0.330. The topological polar surface area (TPSA) is 46.3 Å². The average molecular weight is 247 g/mol. The molecule has 1 spiro atoms. The number of nitrogens with two attached hydrogens (primary N) is 1. The maximum Gasteiger partial charge on any atom is 0.239 e. The summed E-state index contributed by atoms with van der Waals surface area (Å²) in [5.41, 5.74) is 6.10. The number of hydrogen-bond donors (Lipinski definition) is 1. The Balaban J connectivity index is 0.00000128. The maximum absolute atomic E-state index is 11.8. The van der Waals surface area contributed by atoms with Crippen molar-refractivity contribution < 1.29 is 4.79 Å². The van der Waals surface area contributed by atoms with Gasteiger partial charge in [0.25, 0.3) is 0 Å². The van der Waals surface area contributed by atoms with Gasteiger partial charge in [0, 0.05) is 13.1 Å². The van der Waals surface area contributed by atoms with Crippen molar-refractivity contribution in [1.82, 2.24) is 4.90 Å². The van der Waals surface area contributed by atoms with Crippen LogP contribution in [0.5, 0.6) is 0 Å². The van der Waals surface area contributed by atoms with E-state index in [1.165, 1.54) is 38.5 Å². The Bertz CT molecular complexity index is 249. The number of carbonyl (C=O) groups is 1. The van der Waals surface area contributed by atoms with E-state index in [0.717, 1.165) is 13.1 Å². The van der Waals surface area contributed by atoms with E-state index >= 15 is 0 Å². The molecule has 0 aromatic carbocycles. The zero-order valence-electron chi connectivity index (χ0n) is 10.1. The van der Waals surface area contributed by atoms with Crippen LogP contribution in [0.15, 0.2) is 0 Å². The molecule has 0 bridgehead atoms. The molecule has 1 aliphatic carbocycles. The second-order valence-corrected chi connectivity index (χ2v) is 5.36. The Hall–Kier alpha value is -0.280. The lowest BCUT2D eigenvalue weighted by atomic mass is 9.73. The van der Waals surface area contributed by atoms with Crippen molar-refractivity contribution in [2.24, 2.45) is 11.1 Å². The average Bonchev–Trinajstić information content (AvgIpc) is 2.62. The van der Waals surface area contributed by atoms with E-state index in [1.807, 2.05) is 4.90 Å². The fraction of sp³-hybridized carbons (Fsp3) is 0.917. The Kier molecular flexibility index (Phi) is 4.62. The first-order valence-corrected chi connectivity index (χ1v) is 6.17. The fourth-order valence-electron chi connectivity index (χ4n) is 3.12. The lowest BCUT2D eigenvalue weighted by molar-refractivity contribution is -0.131. The number of hydrogen-bond acceptors (Lipinski definition) is 2. The SMILES string of the molecule is C[C@@H](N)C(=O)N1CCC2(CCCCC2)C1.Cl. The van der Waals surface area contributed by atoms with Crippen molar-refractivity contribution in [2.75, 3.05) is 13.1 Å². The molecule has 1 amide bonds. The minimum absolute atomic E-state index is 0. The summed E-state index contributed by atoms with van der Waals surface area (Å²) < 4.78 is 0. The molecule has 2 aliphatic rings. The van der Waals surface area contributed by atoms with Crippen LogP contribution in [0.2, 0.25) is 0 Å². The van der Waals surface area contributed by atoms with Crippen LogP contribution in [0.25, 0.3) is 0 Å². The third-order valence-corrected chi connectivity index (χ3v) is 4.05. The van der Waals surface area contributed by atoms with Gasteiger partial charge in [-0.15, -0.1) is 12.4 Å². The summed E-state index contributed by atoms with van der Waals surface area (Å²) in [5.74, 6) is 0.137. The number of halogens is 1. The number of nitrogens with zero attached hydrogens (tertiary/aromatic N) is 1. The van der Waals surface area contributed by atoms with Gasteiger partial charge in [0.15, 0.2) is 0 Å². The maximum atomic E-state index is 11.8. The molecule has 16 heavy (non-hydrogen) atoms. The first-order chi connectivity index (χ1) is 7.13. The van der Waals surface area contributed by atoms with Crippen LogP contribution >= 0.6 is 12.4 Å². The van der Waals surface area contributed by atoms with Crippen molar-refractivity contribution >= 4 is 18.3 Å². The second kappa shape index (κ2) is 5.37. The quantitative estimate of drug-likeness (QED) is 0.769. The summed E-state index contributed by atoms with van der Waals surface area (Å²) in [7, 11) is 0. The van der Waals surface area contributed by atoms with E-state index in [-0.39, 0.29) is 24.4 Å². The van der Waals surface area contributed by atoms with Crippen LogP contribution in [-0.4, -0.2) is 29.9 Å². The third kappa shape index (κ3) is 2.69. The van der Waals surface area contributed by atoms with Gasteiger partial charge in [0.05, 0.1) is 6.04 Å². The molecule has 1 saturated carbocycles. The largest absolute Gasteiger partial charge is 0.341 e. The summed E-state index contributed by atoms with van der Waals surface area (Å²) in [6.07, 6.45) is 7.90. The molecule has 1 aliphatic heterocycles. The van der Waals surface area contributed by atoms with Crippen LogP contribution in [-0.2, 0) is 4.79 Å². The molecule has 2 fully saturated rings. The van der Waals surface area contributed by atoms with Crippen LogP contribution < -0.4 is 5.73 Å². The first-order valence-electron chi connectivity index (χ1n) is 6.17. The van der Waals surface area contributed by atoms with Crippen LogP contribution in [0, 0.1) is 5.41 Å². The molecule has 4 heteroatoms. The van der Waals surface area contributed by atoms with Crippen molar-refractivity contribution in [3.05, 3.63) is 0 Å². The van der Waals surface area contributed by atoms with Gasteiger partial charge >= 0.3 is 0 Å². The number of likely N-dealkylation sites (tertiary alicyclic amines) is 1. The van der Waals surface area contributed by atoms with Gasteiger partial charge in [-0.2, -0.15) is 0 Å². The minimum atomic E-state index is -0.330. The van der Waals surface area contributed by atoms with Crippen molar-refractivity contribution in [2.45, 2.75) is 51.5 Å². The monoisotopic (exact) mass is 246 g/mol. The van der Waals surface area contributed by atoms with Gasteiger partial charge in [-0.05, 0) is 31.6 Å². The van der Waals surface area contributed by atoms with Crippen molar-refractivity contribution in [3.8, 4) is 0 Å². The lowest BCUT2D eigenvalue weighted by Gasteiger charge is -2.33. The van der Waals surface area contributed by atoms with Crippen LogP contribution in [0.1, 0.15) is 45.4 Å². The Labute approximate surface area is 104 Å². The molecular formula is C12H23ClN2O. The van der Waals surface area contributed by atoms with Gasteiger partial charge in [0.1, 0.15) is 0 Å². The third-order valence-electron chi connectivity index (χ3n) is 4.05. The number of amides is 1. The van der Waals surface area contributed by atoms with Crippen LogP contribution in [0.4, 0.5) is 0 Å². The second-order valence-electron chi connectivity index (χ2n) is 5.36. The molecule has 0 radical (unpaired) electrons. The Morgan fingerprint density at radius 1 is 1.25 bits per heavy atom. The molecule has 1 heterocycles. The van der Waals surface area contributed by atoms with E-state index in [4.69, 9.17) is 5.73 Å². The molecule has 2 N–H and O–H groups in total. The predicted octanol–water partition coefficient (Wildman–Crippen LogP) is 1.94. The van der Waals surface area contributed by atoms with Gasteiger partial charge in [-0.3, -0.25) is 4.79 Å². The molecular weight excluding hydrogens is 224 g/mol. The van der Waals surface area contributed by atoms with Gasteiger partial charge in [-0.25, -0.2) is 0 Å². The van der Waals surface area contributed by atoms with Gasteiger partial charge in [0.2, 0.25) is 5.91 Å². The van der Waals surface area contributed by atoms with E-state index < -0.39 is 0 Å². The highest BCUT2D eigenvalue weighted by atomic mass is 35.5. The fourth-order valence-corrected chi connectivity index (χ4v) is 3.12. The lowest BCUT2D eigenvalue weighted by Crippen LogP contribution is -2.42. The van der Waals surface area contributed by atoms with Crippen molar-refractivity contribution in [3.63, 3.8) is 0 Å². The van der Waals surface area contributed by atoms with Crippen molar-refractivity contribution in [1.29, 1.82) is 0 Å². The Morgan fingerprint density at radius 2 is 1.88 bits per heavy atom. The highest BCUT2D eigenvalue weighted by Crippen LogP contribution is 2.43. The Morgan fingerprint density at radius 3 is 2.44 bits per heavy atom. The summed E-state index contributed by atoms with van der Waals surface area (Å²) in [4.78, 5) is 13.8. The van der Waals surface area contributed by atoms with E-state index in [0.29, 0.717) is 5.41 Å². The zero-order chi connectivity index (χ0) is 10.9. The molecule has 3 nitrogen and oxygen atoms in total. The summed E-state index contributed by atoms with van der Waals surface area (Å²) in [5, 5.41) is 0. The minimum Gasteiger partial charge on any atom is -0.341 e. The zero-order valence-corrected chi connectivity index (χ0v) is 10.9.